The van der Waals surface area contributed by atoms with E-state index < -0.39 is 0 Å². The Kier molecular flexibility index (Phi) is 5.15. The first-order chi connectivity index (χ1) is 11.7. The lowest BCUT2D eigenvalue weighted by Gasteiger charge is -2.19. The van der Waals surface area contributed by atoms with Gasteiger partial charge in [0.1, 0.15) is 11.5 Å². The van der Waals surface area contributed by atoms with Gasteiger partial charge >= 0.3 is 0 Å². The van der Waals surface area contributed by atoms with Gasteiger partial charge in [0, 0.05) is 38.4 Å². The number of rotatable bonds is 5. The molecule has 0 amide bonds. The molecule has 0 aliphatic carbocycles. The van der Waals surface area contributed by atoms with E-state index in [0.29, 0.717) is 6.54 Å². The van der Waals surface area contributed by atoms with Crippen LogP contribution >= 0.6 is 0 Å². The van der Waals surface area contributed by atoms with Crippen molar-refractivity contribution in [3.8, 4) is 11.5 Å². The van der Waals surface area contributed by atoms with Crippen molar-refractivity contribution in [2.24, 2.45) is 0 Å². The van der Waals surface area contributed by atoms with Gasteiger partial charge in [-0.05, 0) is 37.1 Å². The number of methoxy groups -OCH3 is 1. The average molecular weight is 328 g/mol. The monoisotopic (exact) mass is 328 g/mol. The smallest absolute Gasteiger partial charge is 0.225 e. The number of fused-ring (bicyclic) bond motifs is 1. The summed E-state index contributed by atoms with van der Waals surface area (Å²) in [5.74, 6) is 2.51. The van der Waals surface area contributed by atoms with E-state index in [1.54, 1.807) is 13.3 Å². The Morgan fingerprint density at radius 3 is 3.00 bits per heavy atom. The summed E-state index contributed by atoms with van der Waals surface area (Å²) < 4.78 is 11.2. The van der Waals surface area contributed by atoms with Crippen LogP contribution in [0.25, 0.3) is 0 Å². The van der Waals surface area contributed by atoms with E-state index in [9.17, 15) is 0 Å². The van der Waals surface area contributed by atoms with Crippen molar-refractivity contribution in [1.82, 2.24) is 15.3 Å². The Labute approximate surface area is 142 Å². The van der Waals surface area contributed by atoms with Crippen LogP contribution in [0.3, 0.4) is 0 Å². The number of ether oxygens (including phenoxy) is 2. The molecule has 128 valence electrons. The van der Waals surface area contributed by atoms with E-state index >= 15 is 0 Å². The fourth-order valence-corrected chi connectivity index (χ4v) is 2.82. The van der Waals surface area contributed by atoms with Crippen molar-refractivity contribution in [1.29, 1.82) is 0 Å². The lowest BCUT2D eigenvalue weighted by Crippen LogP contribution is -2.22. The molecular formula is C18H24N4O2. The van der Waals surface area contributed by atoms with Gasteiger partial charge in [-0.1, -0.05) is 0 Å². The van der Waals surface area contributed by atoms with E-state index in [2.05, 4.69) is 21.4 Å². The zero-order chi connectivity index (χ0) is 16.9. The molecule has 1 atom stereocenters. The van der Waals surface area contributed by atoms with E-state index in [1.165, 1.54) is 0 Å². The van der Waals surface area contributed by atoms with Crippen molar-refractivity contribution in [3.05, 3.63) is 41.7 Å². The molecule has 1 aromatic carbocycles. The second-order valence-electron chi connectivity index (χ2n) is 6.07. The summed E-state index contributed by atoms with van der Waals surface area (Å²) in [5, 5.41) is 3.61. The predicted octanol–water partition coefficient (Wildman–Crippen LogP) is 2.55. The van der Waals surface area contributed by atoms with E-state index in [0.717, 1.165) is 48.2 Å². The molecule has 1 aliphatic rings. The highest BCUT2D eigenvalue weighted by Gasteiger charge is 2.20. The predicted molar refractivity (Wildman–Crippen MR) is 93.7 cm³/mol. The average Bonchev–Trinajstić information content (AvgIpc) is 2.81. The Morgan fingerprint density at radius 1 is 1.33 bits per heavy atom. The van der Waals surface area contributed by atoms with Gasteiger partial charge in [0.25, 0.3) is 0 Å². The summed E-state index contributed by atoms with van der Waals surface area (Å²) in [6, 6.07) is 8.15. The van der Waals surface area contributed by atoms with Crippen molar-refractivity contribution in [2.45, 2.75) is 25.4 Å². The highest BCUT2D eigenvalue weighted by molar-refractivity contribution is 5.42. The minimum atomic E-state index is 0.218. The third-order valence-corrected chi connectivity index (χ3v) is 4.12. The maximum Gasteiger partial charge on any atom is 0.225 e. The Bertz CT molecular complexity index is 690. The van der Waals surface area contributed by atoms with Crippen molar-refractivity contribution in [3.63, 3.8) is 0 Å². The van der Waals surface area contributed by atoms with Gasteiger partial charge in [-0.25, -0.2) is 9.97 Å². The minimum Gasteiger partial charge on any atom is -0.497 e. The zero-order valence-electron chi connectivity index (χ0n) is 14.5. The number of aromatic nitrogens is 2. The molecule has 1 unspecified atom stereocenters. The fraction of sp³-hybridized carbons (Fsp3) is 0.444. The molecule has 0 bridgehead atoms. The van der Waals surface area contributed by atoms with Gasteiger partial charge in [-0.15, -0.1) is 0 Å². The lowest BCUT2D eigenvalue weighted by molar-refractivity contribution is 0.314. The summed E-state index contributed by atoms with van der Waals surface area (Å²) in [6.07, 6.45) is 3.83. The normalized spacial score (nSPS) is 16.7. The standard InChI is InChI=1S/C18H24N4O2/c1-22(2)18-19-9-8-13(21-18)12-20-16-5-4-10-24-17-7-6-14(23-3)11-15(16)17/h6-9,11,16,20H,4-5,10,12H2,1-3H3. The minimum absolute atomic E-state index is 0.218. The van der Waals surface area contributed by atoms with Crippen LogP contribution in [0.1, 0.15) is 30.1 Å². The number of hydrogen-bond acceptors (Lipinski definition) is 6. The Hall–Kier alpha value is -2.34. The molecule has 2 heterocycles. The summed E-state index contributed by atoms with van der Waals surface area (Å²) in [4.78, 5) is 10.7. The van der Waals surface area contributed by atoms with Crippen LogP contribution in [0.2, 0.25) is 0 Å². The Balaban J connectivity index is 1.77. The van der Waals surface area contributed by atoms with Gasteiger partial charge < -0.3 is 19.7 Å². The molecule has 2 aromatic rings. The topological polar surface area (TPSA) is 59.5 Å². The zero-order valence-corrected chi connectivity index (χ0v) is 14.5. The molecule has 1 N–H and O–H groups in total. The number of anilines is 1. The summed E-state index contributed by atoms with van der Waals surface area (Å²) in [5.41, 5.74) is 2.12. The van der Waals surface area contributed by atoms with E-state index in [1.807, 2.05) is 37.2 Å². The highest BCUT2D eigenvalue weighted by atomic mass is 16.5. The third-order valence-electron chi connectivity index (χ3n) is 4.12. The number of nitrogens with zero attached hydrogens (tertiary/aromatic N) is 3. The molecule has 0 spiro atoms. The lowest BCUT2D eigenvalue weighted by atomic mass is 10.0. The second kappa shape index (κ2) is 7.49. The molecule has 6 nitrogen and oxygen atoms in total. The van der Waals surface area contributed by atoms with Crippen LogP contribution in [-0.2, 0) is 6.54 Å². The summed E-state index contributed by atoms with van der Waals surface area (Å²) in [7, 11) is 5.57. The van der Waals surface area contributed by atoms with Crippen LogP contribution in [0.15, 0.2) is 30.5 Å². The van der Waals surface area contributed by atoms with Crippen LogP contribution < -0.4 is 19.7 Å². The van der Waals surface area contributed by atoms with Gasteiger partial charge in [0.2, 0.25) is 5.95 Å². The number of hydrogen-bond donors (Lipinski definition) is 1. The van der Waals surface area contributed by atoms with Crippen molar-refractivity contribution < 1.29 is 9.47 Å². The maximum absolute atomic E-state index is 5.85. The molecule has 0 radical (unpaired) electrons. The molecule has 1 aromatic heterocycles. The first-order valence-electron chi connectivity index (χ1n) is 8.20. The highest BCUT2D eigenvalue weighted by Crippen LogP contribution is 2.34. The maximum atomic E-state index is 5.85. The SMILES string of the molecule is COc1ccc2c(c1)C(NCc1ccnc(N(C)C)n1)CCCO2. The van der Waals surface area contributed by atoms with E-state index in [-0.39, 0.29) is 6.04 Å². The molecule has 0 saturated heterocycles. The van der Waals surface area contributed by atoms with E-state index in [4.69, 9.17) is 9.47 Å². The molecule has 0 fully saturated rings. The van der Waals surface area contributed by atoms with Crippen LogP contribution in [0.4, 0.5) is 5.95 Å². The largest absolute Gasteiger partial charge is 0.497 e. The number of benzene rings is 1. The van der Waals surface area contributed by atoms with Gasteiger partial charge in [0.05, 0.1) is 19.4 Å². The van der Waals surface area contributed by atoms with Crippen molar-refractivity contribution >= 4 is 5.95 Å². The molecule has 1 aliphatic heterocycles. The quantitative estimate of drug-likeness (QED) is 0.910. The number of nitrogens with one attached hydrogen (secondary N) is 1. The Morgan fingerprint density at radius 2 is 2.21 bits per heavy atom. The molecule has 3 rings (SSSR count). The molecule has 6 heteroatoms. The fourth-order valence-electron chi connectivity index (χ4n) is 2.82. The molecule has 24 heavy (non-hydrogen) atoms. The first kappa shape index (κ1) is 16.5. The third kappa shape index (κ3) is 3.76. The first-order valence-corrected chi connectivity index (χ1v) is 8.20. The van der Waals surface area contributed by atoms with Crippen LogP contribution in [0, 0.1) is 0 Å². The summed E-state index contributed by atoms with van der Waals surface area (Å²) >= 11 is 0. The van der Waals surface area contributed by atoms with Gasteiger partial charge in [0.15, 0.2) is 0 Å². The van der Waals surface area contributed by atoms with Crippen molar-refractivity contribution in [2.75, 3.05) is 32.7 Å². The van der Waals surface area contributed by atoms with Crippen LogP contribution in [-0.4, -0.2) is 37.8 Å². The van der Waals surface area contributed by atoms with Gasteiger partial charge in [-0.3, -0.25) is 0 Å². The molecule has 0 saturated carbocycles. The summed E-state index contributed by atoms with van der Waals surface area (Å²) in [6.45, 7) is 1.43. The van der Waals surface area contributed by atoms with Gasteiger partial charge in [-0.2, -0.15) is 0 Å². The van der Waals surface area contributed by atoms with Crippen LogP contribution in [0.5, 0.6) is 11.5 Å². The second-order valence-corrected chi connectivity index (χ2v) is 6.07. The molecular weight excluding hydrogens is 304 g/mol.